The molecule has 0 aromatic carbocycles. The maximum absolute atomic E-state index is 12.8. The lowest BCUT2D eigenvalue weighted by Gasteiger charge is -2.30. The van der Waals surface area contributed by atoms with Gasteiger partial charge in [-0.15, -0.1) is 0 Å². The van der Waals surface area contributed by atoms with Gasteiger partial charge in [-0.25, -0.2) is 0 Å². The number of phosphoric acid groups is 1. The minimum absolute atomic E-state index is 0.0159. The third-order valence-corrected chi connectivity index (χ3v) is 11.3. The molecule has 9 heteroatoms. The summed E-state index contributed by atoms with van der Waals surface area (Å²) in [4.78, 5) is 25.3. The number of hydrogen-bond acceptors (Lipinski definition) is 6. The molecule has 0 rings (SSSR count). The van der Waals surface area contributed by atoms with E-state index in [9.17, 15) is 19.4 Å². The van der Waals surface area contributed by atoms with Gasteiger partial charge in [0.15, 0.2) is 0 Å². The smallest absolute Gasteiger partial charge is 0.268 e. The van der Waals surface area contributed by atoms with Crippen LogP contribution in [0.2, 0.25) is 0 Å². The van der Waals surface area contributed by atoms with Gasteiger partial charge in [0.25, 0.3) is 7.82 Å². The number of carbonyl (C=O) groups is 1. The number of rotatable bonds is 41. The highest BCUT2D eigenvalue weighted by atomic mass is 31.2. The Morgan fingerprint density at radius 3 is 1.31 bits per heavy atom. The highest BCUT2D eigenvalue weighted by Gasteiger charge is 2.24. The molecular formula is C43H89N2O6P. The van der Waals surface area contributed by atoms with E-state index >= 15 is 0 Å². The topological polar surface area (TPSA) is 108 Å². The van der Waals surface area contributed by atoms with Crippen molar-refractivity contribution in [3.05, 3.63) is 0 Å². The molecule has 312 valence electrons. The van der Waals surface area contributed by atoms with E-state index < -0.39 is 20.0 Å². The molecule has 0 saturated carbocycles. The molecule has 0 radical (unpaired) electrons. The largest absolute Gasteiger partial charge is 0.756 e. The molecule has 1 amide bonds. The second-order valence-electron chi connectivity index (χ2n) is 16.8. The lowest BCUT2D eigenvalue weighted by atomic mass is 10.0. The number of aliphatic hydroxyl groups excluding tert-OH is 1. The van der Waals surface area contributed by atoms with Crippen LogP contribution in [-0.2, 0) is 18.4 Å². The van der Waals surface area contributed by atoms with Gasteiger partial charge in [-0.2, -0.15) is 0 Å². The molecule has 0 bridgehead atoms. The van der Waals surface area contributed by atoms with Gasteiger partial charge in [0.05, 0.1) is 39.9 Å². The van der Waals surface area contributed by atoms with Crippen LogP contribution in [0.4, 0.5) is 0 Å². The molecule has 8 nitrogen and oxygen atoms in total. The van der Waals surface area contributed by atoms with Crippen LogP contribution in [0.3, 0.4) is 0 Å². The number of quaternary nitrogens is 1. The number of hydrogen-bond donors (Lipinski definition) is 2. The van der Waals surface area contributed by atoms with Gasteiger partial charge in [0.2, 0.25) is 5.91 Å². The van der Waals surface area contributed by atoms with E-state index in [1.54, 1.807) is 0 Å². The molecule has 0 aliphatic heterocycles. The summed E-state index contributed by atoms with van der Waals surface area (Å²) < 4.78 is 23.2. The van der Waals surface area contributed by atoms with Gasteiger partial charge < -0.3 is 28.8 Å². The van der Waals surface area contributed by atoms with Crippen molar-refractivity contribution in [1.29, 1.82) is 0 Å². The SMILES string of the molecule is CCCCCCCCCCCCCCCCCCCCCC(O)C(COP(=O)([O-])OCC[N+](C)(C)C)NC(=O)CCCCCCCCCCCCC. The molecule has 2 N–H and O–H groups in total. The zero-order chi connectivity index (χ0) is 38.6. The van der Waals surface area contributed by atoms with Crippen LogP contribution in [0.15, 0.2) is 0 Å². The Morgan fingerprint density at radius 1 is 0.596 bits per heavy atom. The fourth-order valence-electron chi connectivity index (χ4n) is 6.75. The van der Waals surface area contributed by atoms with Crippen molar-refractivity contribution >= 4 is 13.7 Å². The number of unbranched alkanes of at least 4 members (excludes halogenated alkanes) is 28. The average molecular weight is 761 g/mol. The molecule has 0 aliphatic carbocycles. The fourth-order valence-corrected chi connectivity index (χ4v) is 7.47. The van der Waals surface area contributed by atoms with Gasteiger partial charge in [-0.1, -0.05) is 200 Å². The molecule has 3 unspecified atom stereocenters. The minimum Gasteiger partial charge on any atom is -0.756 e. The summed E-state index contributed by atoms with van der Waals surface area (Å²) in [6.07, 6.45) is 38.2. The van der Waals surface area contributed by atoms with Crippen molar-refractivity contribution in [2.45, 2.75) is 231 Å². The number of amides is 1. The van der Waals surface area contributed by atoms with E-state index in [0.717, 1.165) is 38.5 Å². The normalized spacial score (nSPS) is 14.4. The quantitative estimate of drug-likeness (QED) is 0.0365. The Labute approximate surface area is 323 Å². The van der Waals surface area contributed by atoms with E-state index in [2.05, 4.69) is 19.2 Å². The van der Waals surface area contributed by atoms with E-state index in [0.29, 0.717) is 23.9 Å². The molecule has 0 heterocycles. The first kappa shape index (κ1) is 51.5. The first-order chi connectivity index (χ1) is 25.0. The summed E-state index contributed by atoms with van der Waals surface area (Å²) in [6, 6.07) is -0.792. The van der Waals surface area contributed by atoms with Crippen LogP contribution in [0.25, 0.3) is 0 Å². The van der Waals surface area contributed by atoms with Crippen molar-refractivity contribution in [2.75, 3.05) is 40.9 Å². The van der Waals surface area contributed by atoms with Crippen molar-refractivity contribution in [1.82, 2.24) is 5.32 Å². The van der Waals surface area contributed by atoms with Gasteiger partial charge in [0, 0.05) is 6.42 Å². The van der Waals surface area contributed by atoms with Crippen LogP contribution >= 0.6 is 7.82 Å². The maximum Gasteiger partial charge on any atom is 0.268 e. The molecule has 0 aliphatic rings. The van der Waals surface area contributed by atoms with Gasteiger partial charge >= 0.3 is 0 Å². The average Bonchev–Trinajstić information content (AvgIpc) is 3.09. The molecule has 0 aromatic rings. The fraction of sp³-hybridized carbons (Fsp3) is 0.977. The Hall–Kier alpha value is -0.500. The minimum atomic E-state index is -4.55. The number of likely N-dealkylation sites (N-methyl/N-ethyl adjacent to an activating group) is 1. The number of nitrogens with one attached hydrogen (secondary N) is 1. The first-order valence-corrected chi connectivity index (χ1v) is 23.8. The molecular weight excluding hydrogens is 671 g/mol. The number of nitrogens with zero attached hydrogens (tertiary/aromatic N) is 1. The highest BCUT2D eigenvalue weighted by Crippen LogP contribution is 2.38. The zero-order valence-corrected chi connectivity index (χ0v) is 36.2. The van der Waals surface area contributed by atoms with Crippen molar-refractivity contribution in [3.8, 4) is 0 Å². The number of carbonyl (C=O) groups excluding carboxylic acids is 1. The maximum atomic E-state index is 12.8. The zero-order valence-electron chi connectivity index (χ0n) is 35.3. The van der Waals surface area contributed by atoms with Gasteiger partial charge in [-0.3, -0.25) is 9.36 Å². The Morgan fingerprint density at radius 2 is 0.942 bits per heavy atom. The summed E-state index contributed by atoms with van der Waals surface area (Å²) in [5.41, 5.74) is 0. The summed E-state index contributed by atoms with van der Waals surface area (Å²) in [5.74, 6) is -0.163. The van der Waals surface area contributed by atoms with Crippen molar-refractivity contribution in [2.24, 2.45) is 0 Å². The third kappa shape index (κ3) is 37.8. The highest BCUT2D eigenvalue weighted by molar-refractivity contribution is 7.45. The molecule has 0 spiro atoms. The molecule has 0 fully saturated rings. The van der Waals surface area contributed by atoms with E-state index in [1.807, 2.05) is 21.1 Å². The Kier molecular flexibility index (Phi) is 35.8. The van der Waals surface area contributed by atoms with Crippen molar-refractivity contribution < 1.29 is 32.9 Å². The van der Waals surface area contributed by atoms with Crippen LogP contribution < -0.4 is 10.2 Å². The summed E-state index contributed by atoms with van der Waals surface area (Å²) in [5, 5.41) is 13.9. The third-order valence-electron chi connectivity index (χ3n) is 10.3. The molecule has 52 heavy (non-hydrogen) atoms. The van der Waals surface area contributed by atoms with E-state index in [4.69, 9.17) is 9.05 Å². The van der Waals surface area contributed by atoms with Crippen LogP contribution in [0.5, 0.6) is 0 Å². The van der Waals surface area contributed by atoms with Crippen LogP contribution in [0.1, 0.15) is 219 Å². The standard InChI is InChI=1S/C43H89N2O6P/c1-6-8-10-12-14-16-18-19-20-21-22-23-24-25-27-28-30-32-34-36-42(46)41(40-51-52(48,49)50-39-38-45(3,4)5)44-43(47)37-35-33-31-29-26-17-15-13-11-9-7-2/h41-42,46H,6-40H2,1-5H3,(H-,44,47,48,49). The van der Waals surface area contributed by atoms with Gasteiger partial charge in [0.1, 0.15) is 13.2 Å². The van der Waals surface area contributed by atoms with Crippen molar-refractivity contribution in [3.63, 3.8) is 0 Å². The second kappa shape index (κ2) is 36.2. The van der Waals surface area contributed by atoms with Gasteiger partial charge in [-0.05, 0) is 12.8 Å². The second-order valence-corrected chi connectivity index (χ2v) is 18.2. The van der Waals surface area contributed by atoms with Crippen LogP contribution in [-0.4, -0.2) is 68.5 Å². The monoisotopic (exact) mass is 761 g/mol. The summed E-state index contributed by atoms with van der Waals surface area (Å²) in [6.45, 7) is 4.73. The number of aliphatic hydroxyl groups is 1. The molecule has 0 aromatic heterocycles. The number of phosphoric ester groups is 1. The summed E-state index contributed by atoms with van der Waals surface area (Å²) in [7, 11) is 1.32. The Bertz CT molecular complexity index is 824. The first-order valence-electron chi connectivity index (χ1n) is 22.4. The lowest BCUT2D eigenvalue weighted by Crippen LogP contribution is -2.46. The molecule has 3 atom stereocenters. The van der Waals surface area contributed by atoms with Crippen LogP contribution in [0, 0.1) is 0 Å². The summed E-state index contributed by atoms with van der Waals surface area (Å²) >= 11 is 0. The van der Waals surface area contributed by atoms with E-state index in [1.165, 1.54) is 154 Å². The predicted molar refractivity (Wildman–Crippen MR) is 219 cm³/mol. The Balaban J connectivity index is 4.28. The van der Waals surface area contributed by atoms with E-state index in [-0.39, 0.29) is 19.1 Å². The lowest BCUT2D eigenvalue weighted by molar-refractivity contribution is -0.870. The predicted octanol–water partition coefficient (Wildman–Crippen LogP) is 11.6. The molecule has 0 saturated heterocycles.